The predicted octanol–water partition coefficient (Wildman–Crippen LogP) is 2.16. The van der Waals surface area contributed by atoms with Crippen LogP contribution in [-0.2, 0) is 20.4 Å². The Labute approximate surface area is 65.8 Å². The van der Waals surface area contributed by atoms with Gasteiger partial charge in [-0.15, -0.1) is 0 Å². The van der Waals surface area contributed by atoms with Gasteiger partial charge in [-0.05, 0) is 20.3 Å². The molecule has 0 aliphatic rings. The molecular formula is C3H5BF4Pd+. The molecule has 0 amide bonds. The second-order valence-corrected chi connectivity index (χ2v) is 0.784. The Balaban J connectivity index is -0.0000000800. The van der Waals surface area contributed by atoms with Gasteiger partial charge in [-0.3, -0.25) is 0 Å². The van der Waals surface area contributed by atoms with E-state index in [1.54, 1.807) is 0 Å². The molecule has 0 aliphatic carbocycles. The molecule has 57 valence electrons. The molecule has 0 unspecified atom stereocenters. The molecule has 9 heavy (non-hydrogen) atoms. The zero-order valence-corrected chi connectivity index (χ0v) is 5.95. The van der Waals surface area contributed by atoms with Crippen molar-refractivity contribution in [2.75, 3.05) is 0 Å². The molecule has 0 saturated heterocycles. The predicted molar refractivity (Wildman–Crippen MR) is 25.2 cm³/mol. The topological polar surface area (TPSA) is 0 Å². The van der Waals surface area contributed by atoms with Crippen LogP contribution in [0.25, 0.3) is 0 Å². The van der Waals surface area contributed by atoms with Crippen LogP contribution >= 0.6 is 0 Å². The molecule has 0 atom stereocenters. The Morgan fingerprint density at radius 2 is 1.00 bits per heavy atom. The Hall–Kier alpha value is 0.447. The van der Waals surface area contributed by atoms with Crippen molar-refractivity contribution in [1.82, 2.24) is 0 Å². The van der Waals surface area contributed by atoms with Gasteiger partial charge in [0.1, 0.15) is 0 Å². The first-order valence-electron chi connectivity index (χ1n) is 1.69. The van der Waals surface area contributed by atoms with Gasteiger partial charge >= 0.3 is 27.7 Å². The average molecular weight is 234 g/mol. The van der Waals surface area contributed by atoms with E-state index in [4.69, 9.17) is 0 Å². The summed E-state index contributed by atoms with van der Waals surface area (Å²) < 4.78 is 39.0. The zero-order chi connectivity index (χ0) is 7.21. The van der Waals surface area contributed by atoms with Crippen LogP contribution in [0.4, 0.5) is 17.3 Å². The Kier molecular flexibility index (Phi) is 15.2. The maximum absolute atomic E-state index is 9.75. The molecule has 0 N–H and O–H groups in total. The zero-order valence-electron chi connectivity index (χ0n) is 4.40. The fourth-order valence-corrected chi connectivity index (χ4v) is 0. The first-order valence-corrected chi connectivity index (χ1v) is 1.69. The van der Waals surface area contributed by atoms with Crippen LogP contribution in [0.1, 0.15) is 0 Å². The van der Waals surface area contributed by atoms with Crippen LogP contribution in [0.2, 0.25) is 0 Å². The minimum absolute atomic E-state index is 0. The monoisotopic (exact) mass is 234 g/mol. The van der Waals surface area contributed by atoms with Gasteiger partial charge in [-0.25, -0.2) is 0 Å². The number of halogens is 4. The van der Waals surface area contributed by atoms with Crippen molar-refractivity contribution in [2.24, 2.45) is 0 Å². The molecule has 0 rings (SSSR count). The molecule has 0 heterocycles. The standard InChI is InChI=1S/C3H5.BF4.Pd/c1-3-2;2-1(3,4)5;/h3H,1-2H2;;/q;-1;+2. The van der Waals surface area contributed by atoms with Crippen molar-refractivity contribution in [3.63, 3.8) is 0 Å². The van der Waals surface area contributed by atoms with E-state index in [1.807, 2.05) is 0 Å². The van der Waals surface area contributed by atoms with Crippen LogP contribution in [0, 0.1) is 20.3 Å². The Morgan fingerprint density at radius 3 is 1.00 bits per heavy atom. The third kappa shape index (κ3) is 1760. The Morgan fingerprint density at radius 1 is 1.00 bits per heavy atom. The molecule has 0 nitrogen and oxygen atoms in total. The van der Waals surface area contributed by atoms with Gasteiger partial charge in [-0.2, -0.15) is 0 Å². The van der Waals surface area contributed by atoms with E-state index in [-0.39, 0.29) is 20.4 Å². The van der Waals surface area contributed by atoms with E-state index >= 15 is 0 Å². The van der Waals surface area contributed by atoms with Gasteiger partial charge in [0, 0.05) is 0 Å². The molecule has 0 spiro atoms. The number of hydrogen-bond acceptors (Lipinski definition) is 0. The second kappa shape index (κ2) is 8.45. The molecular weight excluding hydrogens is 229 g/mol. The summed E-state index contributed by atoms with van der Waals surface area (Å²) in [5.74, 6) is 0. The van der Waals surface area contributed by atoms with E-state index in [0.717, 1.165) is 0 Å². The van der Waals surface area contributed by atoms with Gasteiger partial charge in [-0.1, -0.05) is 0 Å². The quantitative estimate of drug-likeness (QED) is 0.445. The fourth-order valence-electron chi connectivity index (χ4n) is 0. The van der Waals surface area contributed by atoms with Crippen LogP contribution in [-0.4, -0.2) is 7.25 Å². The van der Waals surface area contributed by atoms with Crippen LogP contribution in [0.15, 0.2) is 0 Å². The van der Waals surface area contributed by atoms with E-state index in [2.05, 4.69) is 13.8 Å². The second-order valence-electron chi connectivity index (χ2n) is 0.784. The van der Waals surface area contributed by atoms with Crippen LogP contribution < -0.4 is 0 Å². The largest absolute Gasteiger partial charge is 2.00 e. The van der Waals surface area contributed by atoms with Gasteiger partial charge < -0.3 is 17.3 Å². The average Bonchev–Trinajstić information content (AvgIpc) is 1.27. The fraction of sp³-hybridized carbons (Fsp3) is 0. The molecule has 0 bridgehead atoms. The molecule has 0 fully saturated rings. The first-order chi connectivity index (χ1) is 3.41. The van der Waals surface area contributed by atoms with Crippen molar-refractivity contribution in [3.8, 4) is 0 Å². The molecule has 3 radical (unpaired) electrons. The maximum atomic E-state index is 9.75. The van der Waals surface area contributed by atoms with E-state index in [1.165, 1.54) is 6.42 Å². The van der Waals surface area contributed by atoms with E-state index in [0.29, 0.717) is 0 Å². The summed E-state index contributed by atoms with van der Waals surface area (Å²) in [6, 6.07) is 0. The molecule has 0 aliphatic heterocycles. The van der Waals surface area contributed by atoms with Gasteiger partial charge in [0.15, 0.2) is 0 Å². The van der Waals surface area contributed by atoms with Crippen LogP contribution in [0.3, 0.4) is 0 Å². The normalized spacial score (nSPS) is 8.67. The molecule has 0 saturated carbocycles. The molecule has 6 heteroatoms. The van der Waals surface area contributed by atoms with Crippen molar-refractivity contribution in [3.05, 3.63) is 20.3 Å². The number of hydrogen-bond donors (Lipinski definition) is 0. The first kappa shape index (κ1) is 16.2. The summed E-state index contributed by atoms with van der Waals surface area (Å²) >= 11 is 0. The summed E-state index contributed by atoms with van der Waals surface area (Å²) in [5.41, 5.74) is 0. The summed E-state index contributed by atoms with van der Waals surface area (Å²) in [7, 11) is -6.00. The van der Waals surface area contributed by atoms with Gasteiger partial charge in [0.25, 0.3) is 0 Å². The summed E-state index contributed by atoms with van der Waals surface area (Å²) in [5, 5.41) is 0. The van der Waals surface area contributed by atoms with Crippen LogP contribution in [0.5, 0.6) is 0 Å². The molecule has 0 aromatic rings. The maximum Gasteiger partial charge on any atom is 2.00 e. The smallest absolute Gasteiger partial charge is 0.418 e. The van der Waals surface area contributed by atoms with Gasteiger partial charge in [0.2, 0.25) is 0 Å². The van der Waals surface area contributed by atoms with Crippen molar-refractivity contribution < 1.29 is 37.7 Å². The summed E-state index contributed by atoms with van der Waals surface area (Å²) in [6.45, 7) is 6.50. The molecule has 0 aromatic carbocycles. The van der Waals surface area contributed by atoms with Crippen molar-refractivity contribution in [2.45, 2.75) is 0 Å². The van der Waals surface area contributed by atoms with Crippen molar-refractivity contribution in [1.29, 1.82) is 0 Å². The van der Waals surface area contributed by atoms with E-state index < -0.39 is 7.25 Å². The SMILES string of the molecule is F[B-](F)(F)F.[CH2][CH][CH2].[Pd+2]. The summed E-state index contributed by atoms with van der Waals surface area (Å²) in [4.78, 5) is 0. The summed E-state index contributed by atoms with van der Waals surface area (Å²) in [6.07, 6.45) is 1.50. The van der Waals surface area contributed by atoms with Crippen molar-refractivity contribution >= 4 is 7.25 Å². The minimum atomic E-state index is -6.00. The number of rotatable bonds is 0. The van der Waals surface area contributed by atoms with Gasteiger partial charge in [0.05, 0.1) is 0 Å². The minimum Gasteiger partial charge on any atom is -0.418 e. The van der Waals surface area contributed by atoms with E-state index in [9.17, 15) is 17.3 Å². The Bertz CT molecular complexity index is 39.6. The third-order valence-corrected chi connectivity index (χ3v) is 0. The molecule has 0 aromatic heterocycles. The third-order valence-electron chi connectivity index (χ3n) is 0.